The first-order valence-corrected chi connectivity index (χ1v) is 17.9. The third-order valence-corrected chi connectivity index (χ3v) is 9.57. The lowest BCUT2D eigenvalue weighted by Crippen LogP contribution is -2.41. The number of amides is 1. The minimum absolute atomic E-state index is 0.222. The number of imidazole rings is 1. The van der Waals surface area contributed by atoms with Crippen LogP contribution in [0, 0.1) is 0 Å². The summed E-state index contributed by atoms with van der Waals surface area (Å²) in [6.07, 6.45) is 0.182. The van der Waals surface area contributed by atoms with Gasteiger partial charge in [-0.15, -0.1) is 0 Å². The second kappa shape index (κ2) is 16.8. The summed E-state index contributed by atoms with van der Waals surface area (Å²) in [6.45, 7) is -0.226. The molecule has 4 aromatic carbocycles. The molecule has 14 nitrogen and oxygen atoms in total. The molecule has 1 saturated heterocycles. The van der Waals surface area contributed by atoms with Crippen molar-refractivity contribution in [1.29, 1.82) is 0 Å². The summed E-state index contributed by atoms with van der Waals surface area (Å²) in [4.78, 5) is 50.3. The van der Waals surface area contributed by atoms with E-state index in [4.69, 9.17) is 28.8 Å². The molecule has 0 unspecified atom stereocenters. The Bertz CT molecular complexity index is 2240. The molecule has 3 atom stereocenters. The topological polar surface area (TPSA) is 173 Å². The Morgan fingerprint density at radius 1 is 0.804 bits per heavy atom. The van der Waals surface area contributed by atoms with Gasteiger partial charge >= 0.3 is 11.9 Å². The van der Waals surface area contributed by atoms with Crippen LogP contribution < -0.4 is 14.8 Å². The first-order valence-electron chi connectivity index (χ1n) is 17.9. The van der Waals surface area contributed by atoms with Gasteiger partial charge in [0.1, 0.15) is 42.4 Å². The lowest BCUT2D eigenvalue weighted by atomic mass is 9.79. The Balaban J connectivity index is 1.28. The third kappa shape index (κ3) is 7.92. The van der Waals surface area contributed by atoms with Crippen molar-refractivity contribution in [3.8, 4) is 11.5 Å². The van der Waals surface area contributed by atoms with E-state index in [0.29, 0.717) is 28.2 Å². The lowest BCUT2D eigenvalue weighted by Gasteiger charge is -2.39. The fourth-order valence-corrected chi connectivity index (χ4v) is 6.78. The van der Waals surface area contributed by atoms with Crippen molar-refractivity contribution in [2.24, 2.45) is 0 Å². The number of nitrogens with one attached hydrogen (secondary N) is 1. The van der Waals surface area contributed by atoms with Crippen LogP contribution in [0.5, 0.6) is 11.5 Å². The van der Waals surface area contributed by atoms with Gasteiger partial charge in [-0.1, -0.05) is 72.8 Å². The molecule has 6 aromatic rings. The maximum Gasteiger partial charge on any atom is 0.306 e. The van der Waals surface area contributed by atoms with Crippen LogP contribution in [-0.2, 0) is 29.4 Å². The maximum absolute atomic E-state index is 13.0. The molecule has 0 saturated carbocycles. The molecular formula is C42H39N5O9. The number of nitrogens with zero attached hydrogens (tertiary/aromatic N) is 4. The maximum atomic E-state index is 13.0. The van der Waals surface area contributed by atoms with E-state index in [2.05, 4.69) is 20.3 Å². The van der Waals surface area contributed by atoms with Gasteiger partial charge in [0.2, 0.25) is 0 Å². The Hall–Kier alpha value is -6.64. The summed E-state index contributed by atoms with van der Waals surface area (Å²) < 4.78 is 32.4. The fraction of sp³-hybridized carbons (Fsp3) is 0.238. The highest BCUT2D eigenvalue weighted by Crippen LogP contribution is 2.46. The predicted octanol–water partition coefficient (Wildman–Crippen LogP) is 6.17. The summed E-state index contributed by atoms with van der Waals surface area (Å²) in [5, 5.41) is 12.0. The molecule has 0 radical (unpaired) electrons. The zero-order chi connectivity index (χ0) is 39.1. The Morgan fingerprint density at radius 2 is 1.41 bits per heavy atom. The Morgan fingerprint density at radius 3 is 2.02 bits per heavy atom. The van der Waals surface area contributed by atoms with Crippen LogP contribution in [0.3, 0.4) is 0 Å². The van der Waals surface area contributed by atoms with Crippen LogP contribution >= 0.6 is 0 Å². The largest absolute Gasteiger partial charge is 0.497 e. The van der Waals surface area contributed by atoms with Crippen molar-refractivity contribution in [3.63, 3.8) is 0 Å². The summed E-state index contributed by atoms with van der Waals surface area (Å²) in [5.74, 6) is -0.606. The van der Waals surface area contributed by atoms with E-state index in [0.717, 1.165) is 16.7 Å². The summed E-state index contributed by atoms with van der Waals surface area (Å²) in [7, 11) is 3.20. The highest BCUT2D eigenvalue weighted by molar-refractivity contribution is 6.06. The molecule has 1 aliphatic rings. The van der Waals surface area contributed by atoms with Gasteiger partial charge in [-0.25, -0.2) is 15.0 Å². The van der Waals surface area contributed by atoms with Crippen molar-refractivity contribution in [2.75, 3.05) is 26.1 Å². The van der Waals surface area contributed by atoms with Crippen LogP contribution in [0.4, 0.5) is 5.82 Å². The van der Waals surface area contributed by atoms with Crippen LogP contribution in [0.25, 0.3) is 11.2 Å². The van der Waals surface area contributed by atoms with Crippen molar-refractivity contribution >= 4 is 34.8 Å². The van der Waals surface area contributed by atoms with E-state index in [1.807, 2.05) is 84.9 Å². The molecule has 3 heterocycles. The highest BCUT2D eigenvalue weighted by atomic mass is 16.6. The molecule has 2 N–H and O–H groups in total. The molecule has 14 heteroatoms. The molecule has 0 spiro atoms. The smallest absolute Gasteiger partial charge is 0.306 e. The number of hydrogen-bond acceptors (Lipinski definition) is 11. The molecule has 1 fully saturated rings. The number of aliphatic carboxylic acids is 1. The molecule has 2 aromatic heterocycles. The van der Waals surface area contributed by atoms with Crippen LogP contribution in [0.1, 0.15) is 52.5 Å². The Kier molecular flexibility index (Phi) is 11.3. The zero-order valence-corrected chi connectivity index (χ0v) is 30.6. The number of benzene rings is 4. The molecule has 0 aliphatic carbocycles. The van der Waals surface area contributed by atoms with E-state index in [1.54, 1.807) is 49.4 Å². The average Bonchev–Trinajstić information content (AvgIpc) is 3.86. The number of fused-ring (bicyclic) bond motifs is 1. The number of ether oxygens (including phenoxy) is 5. The number of methoxy groups -OCH3 is 2. The minimum Gasteiger partial charge on any atom is -0.497 e. The molecule has 286 valence electrons. The van der Waals surface area contributed by atoms with Crippen molar-refractivity contribution < 1.29 is 43.2 Å². The molecular weight excluding hydrogens is 718 g/mol. The number of rotatable bonds is 15. The second-order valence-corrected chi connectivity index (χ2v) is 13.0. The first kappa shape index (κ1) is 37.7. The van der Waals surface area contributed by atoms with Gasteiger partial charge in [0.05, 0.1) is 39.5 Å². The van der Waals surface area contributed by atoms with Crippen LogP contribution in [-0.4, -0.2) is 75.5 Å². The number of carbonyl (C=O) groups excluding carboxylic acids is 2. The third-order valence-electron chi connectivity index (χ3n) is 9.57. The quantitative estimate of drug-likeness (QED) is 0.0903. The monoisotopic (exact) mass is 757 g/mol. The van der Waals surface area contributed by atoms with Gasteiger partial charge in [-0.05, 0) is 53.1 Å². The predicted molar refractivity (Wildman–Crippen MR) is 203 cm³/mol. The van der Waals surface area contributed by atoms with E-state index in [1.165, 1.54) is 6.33 Å². The van der Waals surface area contributed by atoms with Gasteiger partial charge in [-0.3, -0.25) is 19.0 Å². The lowest BCUT2D eigenvalue weighted by molar-refractivity contribution is -0.155. The van der Waals surface area contributed by atoms with Crippen molar-refractivity contribution in [3.05, 3.63) is 144 Å². The van der Waals surface area contributed by atoms with Gasteiger partial charge in [0, 0.05) is 12.0 Å². The number of esters is 1. The van der Waals surface area contributed by atoms with E-state index < -0.39 is 36.0 Å². The molecule has 1 aliphatic heterocycles. The van der Waals surface area contributed by atoms with Crippen LogP contribution in [0.2, 0.25) is 0 Å². The van der Waals surface area contributed by atoms with Gasteiger partial charge < -0.3 is 34.1 Å². The normalized spacial score (nSPS) is 16.6. The van der Waals surface area contributed by atoms with Crippen molar-refractivity contribution in [2.45, 2.75) is 43.3 Å². The standard InChI is InChI=1S/C42H39N5O9/c1-52-31-17-13-29(14-18-31)42(28-11-7-4-8-12-28,30-15-19-32(53-2)20-16-30)56-33-23-35(55-34(33)24-54-37(50)22-21-36(48)49)47-26-45-38-39(43-25-44-40(38)47)46-41(51)27-9-5-3-6-10-27/h3-20,25-26,33-35H,21-24H2,1-2H3,(H,48,49)(H,43,44,46,51)/t33-,34+,35+/m0/s1. The number of carboxylic acids is 1. The number of anilines is 1. The molecule has 7 rings (SSSR count). The van der Waals surface area contributed by atoms with Gasteiger partial charge in [0.25, 0.3) is 5.91 Å². The van der Waals surface area contributed by atoms with E-state index in [9.17, 15) is 14.4 Å². The van der Waals surface area contributed by atoms with E-state index in [-0.39, 0.29) is 37.6 Å². The first-order chi connectivity index (χ1) is 27.3. The number of aromatic nitrogens is 4. The molecule has 0 bridgehead atoms. The number of hydrogen-bond donors (Lipinski definition) is 2. The second-order valence-electron chi connectivity index (χ2n) is 13.0. The van der Waals surface area contributed by atoms with E-state index >= 15 is 0 Å². The van der Waals surface area contributed by atoms with Gasteiger partial charge in [0.15, 0.2) is 17.0 Å². The van der Waals surface area contributed by atoms with Crippen molar-refractivity contribution in [1.82, 2.24) is 19.5 Å². The number of carbonyl (C=O) groups is 3. The number of carboxylic acid groups (broad SMARTS) is 1. The zero-order valence-electron chi connectivity index (χ0n) is 30.6. The van der Waals surface area contributed by atoms with Gasteiger partial charge in [-0.2, -0.15) is 0 Å². The molecule has 56 heavy (non-hydrogen) atoms. The Labute approximate surface area is 322 Å². The minimum atomic E-state index is -1.23. The SMILES string of the molecule is COc1ccc(C(O[C@H]2C[C@H](n3cnc4c(NC(=O)c5ccccc5)ncnc43)O[C@@H]2COC(=O)CCC(=O)O)(c2ccccc2)c2ccc(OC)cc2)cc1. The summed E-state index contributed by atoms with van der Waals surface area (Å²) in [6, 6.07) is 33.7. The average molecular weight is 758 g/mol. The highest BCUT2D eigenvalue weighted by Gasteiger charge is 2.47. The fourth-order valence-electron chi connectivity index (χ4n) is 6.78. The molecule has 1 amide bonds. The van der Waals surface area contributed by atoms with Crippen LogP contribution in [0.15, 0.2) is 122 Å². The summed E-state index contributed by atoms with van der Waals surface area (Å²) >= 11 is 0. The summed E-state index contributed by atoms with van der Waals surface area (Å²) in [5.41, 5.74) is 2.35.